The van der Waals surface area contributed by atoms with E-state index in [4.69, 9.17) is 11.6 Å². The van der Waals surface area contributed by atoms with Gasteiger partial charge in [0.25, 0.3) is 0 Å². The van der Waals surface area contributed by atoms with Gasteiger partial charge in [-0.3, -0.25) is 0 Å². The van der Waals surface area contributed by atoms with Crippen LogP contribution < -0.4 is 4.90 Å². The van der Waals surface area contributed by atoms with E-state index < -0.39 is 0 Å². The third kappa shape index (κ3) is 2.05. The minimum Gasteiger partial charge on any atom is -0.359 e. The van der Waals surface area contributed by atoms with Gasteiger partial charge < -0.3 is 4.90 Å². The van der Waals surface area contributed by atoms with Crippen LogP contribution in [0.4, 0.5) is 10.2 Å². The minimum absolute atomic E-state index is 0.140. The van der Waals surface area contributed by atoms with Crippen LogP contribution in [0, 0.1) is 12.7 Å². The molecule has 1 aromatic carbocycles. The normalized spacial score (nSPS) is 10.9. The van der Waals surface area contributed by atoms with Crippen molar-refractivity contribution in [2.75, 3.05) is 18.5 Å². The molecule has 0 radical (unpaired) electrons. The monoisotopic (exact) mass is 253 g/mol. The first-order chi connectivity index (χ1) is 8.04. The zero-order chi connectivity index (χ0) is 12.6. The fraction of sp³-hybridized carbons (Fsp3) is 0.333. The number of halogens is 2. The Hall–Kier alpha value is -1.42. The van der Waals surface area contributed by atoms with Crippen molar-refractivity contribution in [3.63, 3.8) is 0 Å². The van der Waals surface area contributed by atoms with Crippen LogP contribution in [-0.4, -0.2) is 23.6 Å². The number of nitrogens with zero attached hydrogens (tertiary/aromatic N) is 3. The Morgan fingerprint density at radius 2 is 2.06 bits per heavy atom. The molecule has 0 bridgehead atoms. The summed E-state index contributed by atoms with van der Waals surface area (Å²) in [6, 6.07) is 3.12. The Kier molecular flexibility index (Phi) is 3.15. The lowest BCUT2D eigenvalue weighted by Gasteiger charge is -2.18. The highest BCUT2D eigenvalue weighted by atomic mass is 35.5. The maximum Gasteiger partial charge on any atom is 0.224 e. The summed E-state index contributed by atoms with van der Waals surface area (Å²) in [6.07, 6.45) is 0. The lowest BCUT2D eigenvalue weighted by atomic mass is 10.1. The van der Waals surface area contributed by atoms with E-state index in [0.29, 0.717) is 16.7 Å². The number of hydrogen-bond acceptors (Lipinski definition) is 3. The van der Waals surface area contributed by atoms with Gasteiger partial charge in [0.1, 0.15) is 11.6 Å². The Morgan fingerprint density at radius 1 is 1.35 bits per heavy atom. The van der Waals surface area contributed by atoms with Gasteiger partial charge in [0, 0.05) is 13.6 Å². The summed E-state index contributed by atoms with van der Waals surface area (Å²) >= 11 is 5.88. The number of anilines is 1. The van der Waals surface area contributed by atoms with E-state index in [-0.39, 0.29) is 11.1 Å². The van der Waals surface area contributed by atoms with Crippen LogP contribution in [0.25, 0.3) is 10.9 Å². The molecule has 1 aromatic heterocycles. The Balaban J connectivity index is 2.87. The summed E-state index contributed by atoms with van der Waals surface area (Å²) in [4.78, 5) is 10.1. The van der Waals surface area contributed by atoms with Crippen molar-refractivity contribution in [2.24, 2.45) is 0 Å². The summed E-state index contributed by atoms with van der Waals surface area (Å²) in [5, 5.41) is 0.570. The van der Waals surface area contributed by atoms with Gasteiger partial charge in [-0.1, -0.05) is 6.07 Å². The zero-order valence-corrected chi connectivity index (χ0v) is 10.7. The lowest BCUT2D eigenvalue weighted by Crippen LogP contribution is -2.18. The molecular formula is C12H13ClFN3. The van der Waals surface area contributed by atoms with Crippen molar-refractivity contribution in [3.8, 4) is 0 Å². The maximum atomic E-state index is 13.9. The average Bonchev–Trinajstić information content (AvgIpc) is 2.32. The summed E-state index contributed by atoms with van der Waals surface area (Å²) in [7, 11) is 1.85. The predicted octanol–water partition coefficient (Wildman–Crippen LogP) is 3.19. The van der Waals surface area contributed by atoms with Crippen LogP contribution in [0.5, 0.6) is 0 Å². The van der Waals surface area contributed by atoms with Gasteiger partial charge >= 0.3 is 0 Å². The van der Waals surface area contributed by atoms with Crippen LogP contribution >= 0.6 is 11.6 Å². The van der Waals surface area contributed by atoms with E-state index in [9.17, 15) is 4.39 Å². The van der Waals surface area contributed by atoms with Crippen molar-refractivity contribution in [1.82, 2.24) is 9.97 Å². The molecule has 0 aliphatic heterocycles. The van der Waals surface area contributed by atoms with Gasteiger partial charge in [-0.2, -0.15) is 4.98 Å². The second-order valence-electron chi connectivity index (χ2n) is 3.92. The van der Waals surface area contributed by atoms with Gasteiger partial charge in [-0.25, -0.2) is 9.37 Å². The molecule has 0 spiro atoms. The van der Waals surface area contributed by atoms with Crippen LogP contribution in [0.3, 0.4) is 0 Å². The third-order valence-corrected chi connectivity index (χ3v) is 2.96. The first-order valence-electron chi connectivity index (χ1n) is 5.38. The van der Waals surface area contributed by atoms with Crippen LogP contribution in [0.15, 0.2) is 12.1 Å². The van der Waals surface area contributed by atoms with Crippen molar-refractivity contribution in [3.05, 3.63) is 28.8 Å². The number of rotatable bonds is 2. The van der Waals surface area contributed by atoms with Gasteiger partial charge in [-0.15, -0.1) is 0 Å². The van der Waals surface area contributed by atoms with Gasteiger partial charge in [0.15, 0.2) is 0 Å². The lowest BCUT2D eigenvalue weighted by molar-refractivity contribution is 0.638. The highest BCUT2D eigenvalue weighted by Gasteiger charge is 2.15. The number of hydrogen-bond donors (Lipinski definition) is 0. The maximum absolute atomic E-state index is 13.9. The molecule has 90 valence electrons. The molecule has 0 aliphatic carbocycles. The number of benzene rings is 1. The van der Waals surface area contributed by atoms with Crippen LogP contribution in [0.2, 0.25) is 5.28 Å². The van der Waals surface area contributed by atoms with Crippen molar-refractivity contribution in [1.29, 1.82) is 0 Å². The van der Waals surface area contributed by atoms with E-state index in [0.717, 1.165) is 12.1 Å². The van der Waals surface area contributed by atoms with E-state index in [1.165, 1.54) is 6.07 Å². The largest absolute Gasteiger partial charge is 0.359 e. The molecule has 0 amide bonds. The first-order valence-corrected chi connectivity index (χ1v) is 5.76. The molecule has 0 unspecified atom stereocenters. The smallest absolute Gasteiger partial charge is 0.224 e. The number of aryl methyl sites for hydroxylation is 1. The van der Waals surface area contributed by atoms with Crippen molar-refractivity contribution >= 4 is 28.3 Å². The molecule has 3 nitrogen and oxygen atoms in total. The highest BCUT2D eigenvalue weighted by molar-refractivity contribution is 6.28. The average molecular weight is 254 g/mol. The van der Waals surface area contributed by atoms with E-state index in [1.54, 1.807) is 6.07 Å². The molecule has 0 saturated heterocycles. The molecule has 5 heteroatoms. The fourth-order valence-corrected chi connectivity index (χ4v) is 1.88. The Labute approximate surface area is 104 Å². The second kappa shape index (κ2) is 4.45. The third-order valence-electron chi connectivity index (χ3n) is 2.79. The molecule has 1 heterocycles. The van der Waals surface area contributed by atoms with Crippen LogP contribution in [0.1, 0.15) is 12.5 Å². The first kappa shape index (κ1) is 12.0. The van der Waals surface area contributed by atoms with E-state index in [1.807, 2.05) is 25.8 Å². The Morgan fingerprint density at radius 3 is 2.71 bits per heavy atom. The minimum atomic E-state index is -0.322. The second-order valence-corrected chi connectivity index (χ2v) is 4.26. The molecular weight excluding hydrogens is 241 g/mol. The van der Waals surface area contributed by atoms with Gasteiger partial charge in [0.05, 0.1) is 10.9 Å². The summed E-state index contributed by atoms with van der Waals surface area (Å²) in [5.74, 6) is 0.210. The molecule has 2 aromatic rings. The molecule has 2 rings (SSSR count). The molecule has 0 saturated carbocycles. The van der Waals surface area contributed by atoms with Crippen LogP contribution in [-0.2, 0) is 0 Å². The molecule has 17 heavy (non-hydrogen) atoms. The SMILES string of the molecule is CCN(C)c1nc(Cl)nc2c(C)ccc(F)c12. The zero-order valence-electron chi connectivity index (χ0n) is 9.96. The fourth-order valence-electron chi connectivity index (χ4n) is 1.71. The van der Waals surface area contributed by atoms with Gasteiger partial charge in [-0.05, 0) is 37.1 Å². The number of aromatic nitrogens is 2. The highest BCUT2D eigenvalue weighted by Crippen LogP contribution is 2.29. The van der Waals surface area contributed by atoms with Gasteiger partial charge in [0.2, 0.25) is 5.28 Å². The summed E-state index contributed by atoms with van der Waals surface area (Å²) in [6.45, 7) is 4.56. The van der Waals surface area contributed by atoms with Crippen molar-refractivity contribution in [2.45, 2.75) is 13.8 Å². The predicted molar refractivity (Wildman–Crippen MR) is 68.2 cm³/mol. The van der Waals surface area contributed by atoms with E-state index in [2.05, 4.69) is 9.97 Å². The molecule has 0 fully saturated rings. The summed E-state index contributed by atoms with van der Waals surface area (Å²) in [5.41, 5.74) is 1.46. The number of fused-ring (bicyclic) bond motifs is 1. The quantitative estimate of drug-likeness (QED) is 0.770. The molecule has 0 atom stereocenters. The molecule has 0 N–H and O–H groups in total. The molecule has 0 aliphatic rings. The standard InChI is InChI=1S/C12H13ClFN3/c1-4-17(3)11-9-8(14)6-5-7(2)10(9)15-12(13)16-11/h5-6H,4H2,1-3H3. The van der Waals surface area contributed by atoms with Crippen molar-refractivity contribution < 1.29 is 4.39 Å². The summed E-state index contributed by atoms with van der Waals surface area (Å²) < 4.78 is 13.9. The van der Waals surface area contributed by atoms with E-state index >= 15 is 0 Å². The Bertz CT molecular complexity index is 571. The topological polar surface area (TPSA) is 29.0 Å².